The molecule has 306 valence electrons. The van der Waals surface area contributed by atoms with Gasteiger partial charge in [-0.2, -0.15) is 0 Å². The first-order valence-corrected chi connectivity index (χ1v) is 18.5. The molecular weight excluding hydrogens is 682 g/mol. The molecule has 0 aliphatic carbocycles. The molecule has 3 heterocycles. The maximum absolute atomic E-state index is 14.1. The Bertz CT molecular complexity index is 1170. The van der Waals surface area contributed by atoms with Crippen molar-refractivity contribution >= 4 is 11.8 Å². The highest BCUT2D eigenvalue weighted by atomic mass is 16.7. The SMILES string of the molecule is CC[C@H]1OC(=O)[C@H](C)[C@@H](O[C@H]2C[C@@](C)(OC)[C@@H](O)[C@H](C)O2)[C@@H](C)[C@@H](O[C@@H]2O[C@H](C)C[C@H](N(C)C)[C@H]2O)[C@](C)(O)C[C@@H](C)C(=O)[C@H](C)[C@@H](O)[C@]1(C)O.O. The third-order valence-corrected chi connectivity index (χ3v) is 11.8. The fourth-order valence-electron chi connectivity index (χ4n) is 8.41. The minimum absolute atomic E-state index is 0. The number of aliphatic hydroxyl groups is 5. The van der Waals surface area contributed by atoms with Gasteiger partial charge in [0.2, 0.25) is 0 Å². The Morgan fingerprint density at radius 3 is 2.02 bits per heavy atom. The quantitative estimate of drug-likeness (QED) is 0.229. The normalized spacial score (nSPS) is 48.8. The van der Waals surface area contributed by atoms with E-state index in [1.165, 1.54) is 27.9 Å². The number of aliphatic hydroxyl groups excluding tert-OH is 3. The number of ether oxygens (including phenoxy) is 6. The second kappa shape index (κ2) is 18.1. The minimum atomic E-state index is -1.99. The van der Waals surface area contributed by atoms with Crippen molar-refractivity contribution in [2.24, 2.45) is 23.7 Å². The number of hydrogen-bond donors (Lipinski definition) is 5. The zero-order valence-electron chi connectivity index (χ0n) is 33.4. The fraction of sp³-hybridized carbons (Fsp3) is 0.946. The average Bonchev–Trinajstić information content (AvgIpc) is 3.05. The second-order valence-corrected chi connectivity index (χ2v) is 16.5. The molecule has 0 spiro atoms. The van der Waals surface area contributed by atoms with E-state index in [4.69, 9.17) is 28.4 Å². The summed E-state index contributed by atoms with van der Waals surface area (Å²) in [7, 11) is 5.18. The maximum Gasteiger partial charge on any atom is 0.311 e. The number of carbonyl (C=O) groups is 2. The number of likely N-dealkylation sites (N-methyl/N-ethyl adjacent to an activating group) is 1. The third kappa shape index (κ3) is 9.90. The van der Waals surface area contributed by atoms with Crippen LogP contribution in [0.25, 0.3) is 0 Å². The van der Waals surface area contributed by atoms with Gasteiger partial charge in [0.05, 0.1) is 47.6 Å². The summed E-state index contributed by atoms with van der Waals surface area (Å²) >= 11 is 0. The Hall–Kier alpha value is -1.34. The van der Waals surface area contributed by atoms with E-state index in [-0.39, 0.29) is 36.9 Å². The summed E-state index contributed by atoms with van der Waals surface area (Å²) in [5.41, 5.74) is -4.84. The van der Waals surface area contributed by atoms with Crippen LogP contribution in [-0.2, 0) is 38.0 Å². The Balaban J connectivity index is 0.00000936. The van der Waals surface area contributed by atoms with Gasteiger partial charge in [-0.25, -0.2) is 0 Å². The largest absolute Gasteiger partial charge is 0.459 e. The molecule has 0 aromatic rings. The zero-order valence-corrected chi connectivity index (χ0v) is 33.4. The van der Waals surface area contributed by atoms with Gasteiger partial charge in [-0.1, -0.05) is 27.7 Å². The lowest BCUT2D eigenvalue weighted by Gasteiger charge is -2.49. The number of esters is 1. The molecule has 15 nitrogen and oxygen atoms in total. The fourth-order valence-corrected chi connectivity index (χ4v) is 8.41. The number of Topliss-reactive ketones (excluding diaryl/α,β-unsaturated/α-hetero) is 1. The number of nitrogens with zero attached hydrogens (tertiary/aromatic N) is 1. The molecule has 0 aromatic heterocycles. The second-order valence-electron chi connectivity index (χ2n) is 16.5. The molecule has 52 heavy (non-hydrogen) atoms. The van der Waals surface area contributed by atoms with Crippen molar-refractivity contribution in [1.82, 2.24) is 4.90 Å². The van der Waals surface area contributed by atoms with Crippen molar-refractivity contribution in [3.05, 3.63) is 0 Å². The highest BCUT2D eigenvalue weighted by Gasteiger charge is 2.53. The molecule has 0 amide bonds. The summed E-state index contributed by atoms with van der Waals surface area (Å²) < 4.78 is 37.1. The molecule has 0 aromatic carbocycles. The van der Waals surface area contributed by atoms with Gasteiger partial charge in [0, 0.05) is 37.3 Å². The van der Waals surface area contributed by atoms with Crippen LogP contribution in [-0.4, -0.2) is 153 Å². The summed E-state index contributed by atoms with van der Waals surface area (Å²) in [6, 6.07) is -0.324. The molecular formula is C37H69NO14. The average molecular weight is 752 g/mol. The van der Waals surface area contributed by atoms with E-state index in [0.717, 1.165) is 0 Å². The van der Waals surface area contributed by atoms with Gasteiger partial charge in [0.1, 0.15) is 29.7 Å². The standard InChI is InChI=1S/C37H67NO13.H2O/c1-14-25-37(10,45)30(41)20(4)27(39)18(2)16-35(8,44)32(51-34-28(40)24(38(11)12)15-19(3)47-34)21(5)29(22(6)33(43)49-25)50-26-17-36(9,46-13)31(42)23(7)48-26;/h18-26,28-32,34,40-42,44-45H,14-17H2,1-13H3;1H2/t18-,19-,20+,21-,22-,23+,24+,25-,26+,28-,29+,30-,31+,32-,34+,35-,36-,37-;/m1./s1. The summed E-state index contributed by atoms with van der Waals surface area (Å²) in [6.07, 6.45) is -9.71. The molecule has 0 unspecified atom stereocenters. The third-order valence-electron chi connectivity index (χ3n) is 11.8. The molecule has 3 rings (SSSR count). The minimum Gasteiger partial charge on any atom is -0.459 e. The molecule has 0 radical (unpaired) electrons. The number of cyclic esters (lactones) is 1. The summed E-state index contributed by atoms with van der Waals surface area (Å²) in [5, 5.41) is 57.6. The molecule has 18 atom stereocenters. The Kier molecular flexibility index (Phi) is 16.3. The Labute approximate surface area is 309 Å². The van der Waals surface area contributed by atoms with Crippen molar-refractivity contribution in [3.63, 3.8) is 0 Å². The van der Waals surface area contributed by atoms with E-state index < -0.39 is 108 Å². The number of methoxy groups -OCH3 is 1. The summed E-state index contributed by atoms with van der Waals surface area (Å²) in [4.78, 5) is 29.8. The zero-order chi connectivity index (χ0) is 39.0. The number of ketones is 1. The highest BCUT2D eigenvalue weighted by molar-refractivity contribution is 5.83. The van der Waals surface area contributed by atoms with Crippen LogP contribution in [0.3, 0.4) is 0 Å². The first kappa shape index (κ1) is 46.8. The molecule has 3 fully saturated rings. The van der Waals surface area contributed by atoms with Crippen molar-refractivity contribution < 1.29 is 69.0 Å². The lowest BCUT2D eigenvalue weighted by Crippen LogP contribution is -2.61. The van der Waals surface area contributed by atoms with Crippen LogP contribution in [0.1, 0.15) is 94.9 Å². The van der Waals surface area contributed by atoms with Gasteiger partial charge in [-0.15, -0.1) is 0 Å². The molecule has 3 saturated heterocycles. The van der Waals surface area contributed by atoms with Crippen LogP contribution in [0.2, 0.25) is 0 Å². The van der Waals surface area contributed by atoms with Gasteiger partial charge < -0.3 is 64.3 Å². The molecule has 15 heteroatoms. The van der Waals surface area contributed by atoms with Crippen molar-refractivity contribution in [2.45, 2.75) is 179 Å². The van der Waals surface area contributed by atoms with E-state index in [0.29, 0.717) is 6.42 Å². The number of carbonyl (C=O) groups excluding carboxylic acids is 2. The predicted molar refractivity (Wildman–Crippen MR) is 190 cm³/mol. The van der Waals surface area contributed by atoms with Crippen LogP contribution in [0, 0.1) is 23.7 Å². The topological polar surface area (TPSA) is 225 Å². The molecule has 0 bridgehead atoms. The van der Waals surface area contributed by atoms with Crippen LogP contribution >= 0.6 is 0 Å². The van der Waals surface area contributed by atoms with Crippen LogP contribution < -0.4 is 0 Å². The van der Waals surface area contributed by atoms with E-state index >= 15 is 0 Å². The van der Waals surface area contributed by atoms with E-state index in [2.05, 4.69) is 0 Å². The molecule has 0 saturated carbocycles. The van der Waals surface area contributed by atoms with E-state index in [1.807, 2.05) is 25.9 Å². The number of hydrogen-bond acceptors (Lipinski definition) is 14. The summed E-state index contributed by atoms with van der Waals surface area (Å²) in [5.74, 6) is -4.98. The predicted octanol–water partition coefficient (Wildman–Crippen LogP) is 0.961. The van der Waals surface area contributed by atoms with E-state index in [9.17, 15) is 35.1 Å². The smallest absolute Gasteiger partial charge is 0.311 e. The highest BCUT2D eigenvalue weighted by Crippen LogP contribution is 2.40. The van der Waals surface area contributed by atoms with Crippen molar-refractivity contribution in [3.8, 4) is 0 Å². The van der Waals surface area contributed by atoms with Gasteiger partial charge >= 0.3 is 5.97 Å². The molecule has 3 aliphatic heterocycles. The number of rotatable bonds is 7. The van der Waals surface area contributed by atoms with Gasteiger partial charge in [-0.3, -0.25) is 9.59 Å². The lowest BCUT2D eigenvalue weighted by atomic mass is 9.74. The van der Waals surface area contributed by atoms with Crippen LogP contribution in [0.4, 0.5) is 0 Å². The van der Waals surface area contributed by atoms with Crippen molar-refractivity contribution in [1.29, 1.82) is 0 Å². The van der Waals surface area contributed by atoms with Crippen LogP contribution in [0.5, 0.6) is 0 Å². The molecule has 3 aliphatic rings. The van der Waals surface area contributed by atoms with Gasteiger partial charge in [0.25, 0.3) is 0 Å². The first-order valence-electron chi connectivity index (χ1n) is 18.5. The Morgan fingerprint density at radius 2 is 1.48 bits per heavy atom. The Morgan fingerprint density at radius 1 is 0.885 bits per heavy atom. The lowest BCUT2D eigenvalue weighted by molar-refractivity contribution is -0.318. The molecule has 7 N–H and O–H groups in total. The van der Waals surface area contributed by atoms with Gasteiger partial charge in [0.15, 0.2) is 12.6 Å². The van der Waals surface area contributed by atoms with E-state index in [1.54, 1.807) is 41.5 Å². The van der Waals surface area contributed by atoms with Gasteiger partial charge in [-0.05, 0) is 74.9 Å². The monoisotopic (exact) mass is 751 g/mol. The summed E-state index contributed by atoms with van der Waals surface area (Å²) in [6.45, 7) is 16.3. The maximum atomic E-state index is 14.1. The first-order chi connectivity index (χ1) is 23.4. The van der Waals surface area contributed by atoms with Crippen LogP contribution in [0.15, 0.2) is 0 Å². The van der Waals surface area contributed by atoms with Crippen molar-refractivity contribution in [2.75, 3.05) is 21.2 Å².